The summed E-state index contributed by atoms with van der Waals surface area (Å²) < 4.78 is 3.11. The molecule has 1 saturated heterocycles. The molecule has 1 aliphatic heterocycles. The van der Waals surface area contributed by atoms with E-state index in [1.54, 1.807) is 34.8 Å². The van der Waals surface area contributed by atoms with E-state index in [9.17, 15) is 9.59 Å². The summed E-state index contributed by atoms with van der Waals surface area (Å²) in [5.74, 6) is -0.134. The highest BCUT2D eigenvalue weighted by Crippen LogP contribution is 2.31. The number of benzene rings is 1. The molecule has 0 saturated carbocycles. The summed E-state index contributed by atoms with van der Waals surface area (Å²) in [7, 11) is 1.71. The Kier molecular flexibility index (Phi) is 6.14. The van der Waals surface area contributed by atoms with E-state index in [4.69, 9.17) is 5.26 Å². The number of hydrogen-bond acceptors (Lipinski definition) is 7. The maximum absolute atomic E-state index is 13.6. The minimum Gasteiger partial charge on any atom is -0.363 e. The lowest BCUT2D eigenvalue weighted by atomic mass is 10.0. The third-order valence-corrected chi connectivity index (χ3v) is 7.05. The van der Waals surface area contributed by atoms with E-state index in [-0.39, 0.29) is 30.1 Å². The van der Waals surface area contributed by atoms with Crippen LogP contribution in [0.2, 0.25) is 0 Å². The van der Waals surface area contributed by atoms with E-state index in [0.29, 0.717) is 35.3 Å². The molecule has 0 N–H and O–H groups in total. The van der Waals surface area contributed by atoms with Gasteiger partial charge in [0.1, 0.15) is 17.8 Å². The van der Waals surface area contributed by atoms with Crippen LogP contribution in [0.4, 0.5) is 5.69 Å². The van der Waals surface area contributed by atoms with Gasteiger partial charge in [0, 0.05) is 38.3 Å². The molecule has 0 aliphatic carbocycles. The summed E-state index contributed by atoms with van der Waals surface area (Å²) in [6, 6.07) is 11.1. The van der Waals surface area contributed by atoms with Crippen LogP contribution in [0.1, 0.15) is 37.2 Å². The predicted molar refractivity (Wildman–Crippen MR) is 137 cm³/mol. The molecule has 0 bridgehead atoms. The van der Waals surface area contributed by atoms with Gasteiger partial charge in [0.25, 0.3) is 11.5 Å². The average Bonchev–Trinajstić information content (AvgIpc) is 3.33. The molecule has 36 heavy (non-hydrogen) atoms. The van der Waals surface area contributed by atoms with Gasteiger partial charge in [0.2, 0.25) is 0 Å². The number of nitriles is 1. The topological polar surface area (TPSA) is 113 Å². The van der Waals surface area contributed by atoms with Crippen molar-refractivity contribution in [3.63, 3.8) is 0 Å². The summed E-state index contributed by atoms with van der Waals surface area (Å²) in [6.07, 6.45) is 4.81. The van der Waals surface area contributed by atoms with Crippen molar-refractivity contribution in [2.75, 3.05) is 18.0 Å². The molecule has 10 nitrogen and oxygen atoms in total. The van der Waals surface area contributed by atoms with Crippen LogP contribution >= 0.6 is 0 Å². The van der Waals surface area contributed by atoms with Gasteiger partial charge in [-0.05, 0) is 25.0 Å². The summed E-state index contributed by atoms with van der Waals surface area (Å²) in [5, 5.41) is 13.8. The van der Waals surface area contributed by atoms with Crippen LogP contribution < -0.4 is 10.5 Å². The van der Waals surface area contributed by atoms with Crippen molar-refractivity contribution in [2.45, 2.75) is 45.3 Å². The van der Waals surface area contributed by atoms with E-state index in [0.717, 1.165) is 24.0 Å². The molecule has 5 rings (SSSR count). The third kappa shape index (κ3) is 3.96. The molecule has 184 valence electrons. The summed E-state index contributed by atoms with van der Waals surface area (Å²) in [4.78, 5) is 39.5. The van der Waals surface area contributed by atoms with Gasteiger partial charge in [0.05, 0.1) is 40.7 Å². The zero-order chi connectivity index (χ0) is 25.4. The smallest absolute Gasteiger partial charge is 0.274 e. The molecule has 10 heteroatoms. The normalized spacial score (nSPS) is 18.1. The van der Waals surface area contributed by atoms with Gasteiger partial charge >= 0.3 is 0 Å². The van der Waals surface area contributed by atoms with Crippen LogP contribution in [0.25, 0.3) is 22.1 Å². The average molecular weight is 485 g/mol. The lowest BCUT2D eigenvalue weighted by Gasteiger charge is -2.47. The van der Waals surface area contributed by atoms with Crippen molar-refractivity contribution < 1.29 is 4.79 Å². The molecule has 0 spiro atoms. The monoisotopic (exact) mass is 484 g/mol. The molecule has 4 aromatic rings. The number of aromatic nitrogens is 5. The Morgan fingerprint density at radius 3 is 2.61 bits per heavy atom. The molecule has 1 amide bonds. The lowest BCUT2D eigenvalue weighted by molar-refractivity contribution is 0.0605. The SMILES string of the molecule is CC[C@@H]1CN(c2cc(=O)n(C)c3cn(CC#N)nc23)[C@@H](CC)CN1C(=O)c1cnc2ccccc2n1. The first kappa shape index (κ1) is 23.5. The number of hydrogen-bond donors (Lipinski definition) is 0. The van der Waals surface area contributed by atoms with Gasteiger partial charge in [-0.25, -0.2) is 4.98 Å². The summed E-state index contributed by atoms with van der Waals surface area (Å²) in [5.41, 5.74) is 3.75. The molecule has 4 heterocycles. The zero-order valence-corrected chi connectivity index (χ0v) is 20.6. The number of anilines is 1. The highest BCUT2D eigenvalue weighted by Gasteiger charge is 2.37. The number of piperazine rings is 1. The van der Waals surface area contributed by atoms with Gasteiger partial charge < -0.3 is 14.4 Å². The van der Waals surface area contributed by atoms with E-state index >= 15 is 0 Å². The number of aryl methyl sites for hydroxylation is 1. The number of carbonyl (C=O) groups is 1. The minimum atomic E-state index is -0.137. The van der Waals surface area contributed by atoms with E-state index in [1.165, 1.54) is 0 Å². The molecule has 1 aromatic carbocycles. The molecule has 1 aliphatic rings. The van der Waals surface area contributed by atoms with Crippen LogP contribution in [-0.2, 0) is 13.6 Å². The number of amides is 1. The molecular formula is C26H28N8O2. The Hall–Kier alpha value is -4.26. The first-order valence-corrected chi connectivity index (χ1v) is 12.2. The number of nitrogens with zero attached hydrogens (tertiary/aromatic N) is 8. The second-order valence-electron chi connectivity index (χ2n) is 9.12. The van der Waals surface area contributed by atoms with E-state index < -0.39 is 0 Å². The summed E-state index contributed by atoms with van der Waals surface area (Å²) >= 11 is 0. The van der Waals surface area contributed by atoms with Gasteiger partial charge in [-0.2, -0.15) is 10.4 Å². The molecule has 1 fully saturated rings. The Morgan fingerprint density at radius 1 is 1.14 bits per heavy atom. The van der Waals surface area contributed by atoms with E-state index in [1.807, 2.05) is 29.2 Å². The number of rotatable bonds is 5. The van der Waals surface area contributed by atoms with Gasteiger partial charge in [-0.15, -0.1) is 0 Å². The Labute approximate surface area is 208 Å². The maximum Gasteiger partial charge on any atom is 0.274 e. The van der Waals surface area contributed by atoms with E-state index in [2.05, 4.69) is 39.9 Å². The standard InChI is InChI=1S/C26H28N8O2/c1-4-17-15-34(26(36)21-13-28-19-8-6-7-9-20(19)29-21)18(5-2)14-33(17)22-12-24(35)31(3)23-16-32(11-10-27)30-25(22)23/h6-9,12-13,16-18H,4-5,11,14-15H2,1-3H3/t17-,18+/m0/s1. The first-order chi connectivity index (χ1) is 17.4. The highest BCUT2D eigenvalue weighted by molar-refractivity contribution is 5.94. The third-order valence-electron chi connectivity index (χ3n) is 7.05. The van der Waals surface area contributed by atoms with Crippen LogP contribution in [0.5, 0.6) is 0 Å². The first-order valence-electron chi connectivity index (χ1n) is 12.2. The fourth-order valence-electron chi connectivity index (χ4n) is 5.01. The van der Waals surface area contributed by atoms with Gasteiger partial charge in [-0.1, -0.05) is 26.0 Å². The quantitative estimate of drug-likeness (QED) is 0.428. The predicted octanol–water partition coefficient (Wildman–Crippen LogP) is 2.72. The Balaban J connectivity index is 1.51. The van der Waals surface area contributed by atoms with Crippen molar-refractivity contribution >= 4 is 33.7 Å². The maximum atomic E-state index is 13.6. The molecular weight excluding hydrogens is 456 g/mol. The van der Waals surface area contributed by atoms with Gasteiger partial charge in [0.15, 0.2) is 0 Å². The largest absolute Gasteiger partial charge is 0.363 e. The van der Waals surface area contributed by atoms with Crippen molar-refractivity contribution in [1.82, 2.24) is 29.2 Å². The van der Waals surface area contributed by atoms with Crippen LogP contribution in [0.15, 0.2) is 47.5 Å². The number of carbonyl (C=O) groups excluding carboxylic acids is 1. The van der Waals surface area contributed by atoms with Crippen molar-refractivity contribution in [2.24, 2.45) is 7.05 Å². The fourth-order valence-corrected chi connectivity index (χ4v) is 5.01. The Morgan fingerprint density at radius 2 is 1.89 bits per heavy atom. The number of fused-ring (bicyclic) bond motifs is 2. The number of pyridine rings is 1. The highest BCUT2D eigenvalue weighted by atomic mass is 16.2. The second kappa shape index (κ2) is 9.41. The van der Waals surface area contributed by atoms with Crippen LogP contribution in [0.3, 0.4) is 0 Å². The Bertz CT molecular complexity index is 1550. The van der Waals surface area contributed by atoms with Crippen LogP contribution in [-0.4, -0.2) is 60.3 Å². The summed E-state index contributed by atoms with van der Waals surface area (Å²) in [6.45, 7) is 5.30. The van der Waals surface area contributed by atoms with Crippen molar-refractivity contribution in [3.05, 3.63) is 58.8 Å². The molecule has 2 atom stereocenters. The molecule has 0 radical (unpaired) electrons. The van der Waals surface area contributed by atoms with Gasteiger partial charge in [-0.3, -0.25) is 19.3 Å². The van der Waals surface area contributed by atoms with Crippen molar-refractivity contribution in [3.8, 4) is 6.07 Å². The fraction of sp³-hybridized carbons (Fsp3) is 0.385. The lowest BCUT2D eigenvalue weighted by Crippen LogP contribution is -2.60. The second-order valence-corrected chi connectivity index (χ2v) is 9.12. The van der Waals surface area contributed by atoms with Crippen LogP contribution in [0, 0.1) is 11.3 Å². The van der Waals surface area contributed by atoms with Crippen molar-refractivity contribution in [1.29, 1.82) is 5.26 Å². The molecule has 0 unspecified atom stereocenters. The molecule has 3 aromatic heterocycles. The minimum absolute atomic E-state index is 0.0124. The zero-order valence-electron chi connectivity index (χ0n) is 20.6. The number of para-hydroxylation sites is 2.